The van der Waals surface area contributed by atoms with Crippen molar-refractivity contribution in [2.24, 2.45) is 85.1 Å². The number of aliphatic hydroxyl groups excluding tert-OH is 6. The number of fused-ring (bicyclic) bond motifs is 8. The molecule has 1 amide bonds. The van der Waals surface area contributed by atoms with Crippen LogP contribution < -0.4 is 11.1 Å². The van der Waals surface area contributed by atoms with E-state index in [2.05, 4.69) is 49.1 Å². The van der Waals surface area contributed by atoms with Crippen molar-refractivity contribution in [2.45, 2.75) is 186 Å². The van der Waals surface area contributed by atoms with Gasteiger partial charge in [0.1, 0.15) is 18.3 Å². The molecule has 8 fully saturated rings. The molecule has 1 aromatic rings. The highest BCUT2D eigenvalue weighted by Gasteiger charge is 2.76. The van der Waals surface area contributed by atoms with Crippen molar-refractivity contribution in [1.29, 1.82) is 0 Å². The Morgan fingerprint density at radius 3 is 2.32 bits per heavy atom. The van der Waals surface area contributed by atoms with Gasteiger partial charge in [-0.25, -0.2) is 4.98 Å². The van der Waals surface area contributed by atoms with E-state index >= 15 is 0 Å². The Morgan fingerprint density at radius 2 is 1.65 bits per heavy atom. The van der Waals surface area contributed by atoms with Crippen LogP contribution in [0.25, 0.3) is 0 Å². The molecule has 21 unspecified atom stereocenters. The highest BCUT2D eigenvalue weighted by atomic mass is 16.7. The molecule has 15 heteroatoms. The zero-order valence-corrected chi connectivity index (χ0v) is 41.8. The van der Waals surface area contributed by atoms with Gasteiger partial charge >= 0.3 is 5.97 Å². The molecule has 0 aromatic carbocycles. The largest absolute Gasteiger partial charge is 0.481 e. The maximum atomic E-state index is 14.8. The number of nitrogens with zero attached hydrogens (tertiary/aromatic N) is 1. The molecule has 2 bridgehead atoms. The summed E-state index contributed by atoms with van der Waals surface area (Å²) in [6.45, 7) is 11.3. The van der Waals surface area contributed by atoms with Crippen LogP contribution in [0.5, 0.6) is 0 Å². The Kier molecular flexibility index (Phi) is 12.8. The van der Waals surface area contributed by atoms with Crippen molar-refractivity contribution in [3.63, 3.8) is 0 Å². The van der Waals surface area contributed by atoms with E-state index in [1.165, 1.54) is 5.57 Å². The number of amides is 1. The van der Waals surface area contributed by atoms with E-state index in [1.807, 2.05) is 13.1 Å². The SMILES string of the molecule is CC1(CO)CC2CCCC3CC2(C(=O)O)C(C1)C1=CCC2C4(C)C(CC5C(C(CCCN)c6cnc[nH]6)NC(=O)C56CCCC6)C(O)C(OC5OCC(O)C(O)C5O)C(C)(CO)C4CCC2(C)C13C. The third-order valence-electron chi connectivity index (χ3n) is 23.0. The van der Waals surface area contributed by atoms with Gasteiger partial charge < -0.3 is 61.3 Å². The number of rotatable bonds is 12. The second-order valence-electron chi connectivity index (χ2n) is 25.6. The topological polar surface area (TPSA) is 261 Å². The molecule has 2 aliphatic heterocycles. The van der Waals surface area contributed by atoms with E-state index in [9.17, 15) is 45.3 Å². The van der Waals surface area contributed by atoms with Crippen molar-refractivity contribution < 1.29 is 54.8 Å². The maximum absolute atomic E-state index is 14.8. The third-order valence-corrected chi connectivity index (χ3v) is 23.0. The Balaban J connectivity index is 1.14. The first kappa shape index (κ1) is 50.1. The number of hydrogen-bond acceptors (Lipinski definition) is 12. The lowest BCUT2D eigenvalue weighted by Crippen LogP contribution is -2.73. The molecule has 1 spiro atoms. The average Bonchev–Trinajstić information content (AvgIpc) is 4.07. The zero-order chi connectivity index (χ0) is 49.3. The number of aliphatic hydroxyl groups is 6. The van der Waals surface area contributed by atoms with Crippen LogP contribution in [-0.4, -0.2) is 127 Å². The number of hydrogen-bond donors (Lipinski definition) is 10. The van der Waals surface area contributed by atoms with E-state index in [-0.39, 0.29) is 78.6 Å². The molecule has 69 heavy (non-hydrogen) atoms. The van der Waals surface area contributed by atoms with Gasteiger partial charge in [0.25, 0.3) is 0 Å². The number of aliphatic carboxylic acids is 1. The van der Waals surface area contributed by atoms with Crippen LogP contribution in [0, 0.1) is 79.3 Å². The summed E-state index contributed by atoms with van der Waals surface area (Å²) in [6.07, 6.45) is 9.84. The molecule has 11 N–H and O–H groups in total. The van der Waals surface area contributed by atoms with Crippen LogP contribution in [0.15, 0.2) is 24.2 Å². The molecule has 3 heterocycles. The van der Waals surface area contributed by atoms with E-state index < -0.39 is 81.2 Å². The van der Waals surface area contributed by atoms with Gasteiger partial charge in [-0.05, 0) is 153 Å². The fourth-order valence-electron chi connectivity index (χ4n) is 19.5. The van der Waals surface area contributed by atoms with Crippen molar-refractivity contribution in [2.75, 3.05) is 26.4 Å². The molecular weight excluding hydrogens is 881 g/mol. The lowest BCUT2D eigenvalue weighted by molar-refractivity contribution is -0.341. The summed E-state index contributed by atoms with van der Waals surface area (Å²) >= 11 is 0. The Hall–Kier alpha value is -2.47. The summed E-state index contributed by atoms with van der Waals surface area (Å²) in [6, 6.07) is -0.290. The smallest absolute Gasteiger partial charge is 0.310 e. The fourth-order valence-corrected chi connectivity index (χ4v) is 19.5. The van der Waals surface area contributed by atoms with Gasteiger partial charge in [-0.3, -0.25) is 9.59 Å². The third kappa shape index (κ3) is 6.92. The van der Waals surface area contributed by atoms with Gasteiger partial charge in [0.05, 0.1) is 42.6 Å². The number of carbonyl (C=O) groups excluding carboxylic acids is 1. The molecule has 0 radical (unpaired) electrons. The van der Waals surface area contributed by atoms with Gasteiger partial charge in [-0.2, -0.15) is 0 Å². The number of carbonyl (C=O) groups is 2. The maximum Gasteiger partial charge on any atom is 0.310 e. The summed E-state index contributed by atoms with van der Waals surface area (Å²) in [5, 5.41) is 84.2. The number of imidazole rings is 1. The van der Waals surface area contributed by atoms with Crippen LogP contribution in [0.1, 0.15) is 149 Å². The van der Waals surface area contributed by atoms with Gasteiger partial charge in [0.15, 0.2) is 6.29 Å². The van der Waals surface area contributed by atoms with E-state index in [0.717, 1.165) is 69.9 Å². The van der Waals surface area contributed by atoms with Gasteiger partial charge in [-0.1, -0.05) is 65.5 Å². The van der Waals surface area contributed by atoms with E-state index in [0.29, 0.717) is 45.1 Å². The number of allylic oxidation sites excluding steroid dienone is 2. The summed E-state index contributed by atoms with van der Waals surface area (Å²) in [4.78, 5) is 36.6. The van der Waals surface area contributed by atoms with Crippen molar-refractivity contribution in [3.8, 4) is 0 Å². The Bertz CT molecular complexity index is 2120. The highest BCUT2D eigenvalue weighted by Crippen LogP contribution is 2.80. The van der Waals surface area contributed by atoms with Gasteiger partial charge in [0, 0.05) is 35.9 Å². The monoisotopic (exact) mass is 965 g/mol. The summed E-state index contributed by atoms with van der Waals surface area (Å²) < 4.78 is 12.7. The van der Waals surface area contributed by atoms with E-state index in [4.69, 9.17) is 15.2 Å². The molecule has 1 aromatic heterocycles. The summed E-state index contributed by atoms with van der Waals surface area (Å²) in [5.74, 6) is -1.85. The summed E-state index contributed by atoms with van der Waals surface area (Å²) in [5.41, 5.74) is 3.90. The Morgan fingerprint density at radius 1 is 0.913 bits per heavy atom. The minimum absolute atomic E-state index is 0.0161. The number of aromatic amines is 1. The molecule has 6 saturated carbocycles. The quantitative estimate of drug-likeness (QED) is 0.100. The van der Waals surface area contributed by atoms with Crippen LogP contribution >= 0.6 is 0 Å². The summed E-state index contributed by atoms with van der Waals surface area (Å²) in [7, 11) is 0. The van der Waals surface area contributed by atoms with Crippen LogP contribution in [0.2, 0.25) is 0 Å². The number of nitrogens with two attached hydrogens (primary N) is 1. The number of carboxylic acids is 1. The van der Waals surface area contributed by atoms with Crippen molar-refractivity contribution in [1.82, 2.24) is 15.3 Å². The average molecular weight is 965 g/mol. The molecule has 7 aliphatic carbocycles. The van der Waals surface area contributed by atoms with Crippen LogP contribution in [0.4, 0.5) is 0 Å². The molecule has 9 aliphatic rings. The molecular formula is C54H84N4O11. The normalized spacial score (nSPS) is 50.3. The Labute approximate surface area is 408 Å². The minimum atomic E-state index is -1.61. The molecule has 386 valence electrons. The van der Waals surface area contributed by atoms with Crippen molar-refractivity contribution >= 4 is 11.9 Å². The second-order valence-corrected chi connectivity index (χ2v) is 25.6. The zero-order valence-electron chi connectivity index (χ0n) is 41.8. The first-order valence-corrected chi connectivity index (χ1v) is 26.9. The number of carboxylic acid groups (broad SMARTS) is 1. The number of aromatic nitrogens is 2. The van der Waals surface area contributed by atoms with Crippen LogP contribution in [-0.2, 0) is 19.1 Å². The number of ether oxygens (including phenoxy) is 2. The van der Waals surface area contributed by atoms with Crippen molar-refractivity contribution in [3.05, 3.63) is 29.9 Å². The first-order chi connectivity index (χ1) is 32.8. The molecule has 15 nitrogen and oxygen atoms in total. The minimum Gasteiger partial charge on any atom is -0.481 e. The standard InChI is InChI=1S/C54H84N4O11/c1-48(26-59)21-30-11-8-10-29-22-54(30,47(66)67)35(23-48)32-13-14-39-50(3,52(29,32)5)18-15-38-49(2,27-60)44(69-45-43(64)42(63)37(61)25-68-45)41(62)34(51(38,39)4)20-33-40(58-46(65)53(33)16-6-7-17-53)31(12-9-19-55)36-24-56-28-57-36/h13,24,28-31,33-35,37-45,59-64H,6-12,14-23,25-27,55H2,1-5H3,(H,56,57)(H,58,65)(H,66,67). The van der Waals surface area contributed by atoms with Gasteiger partial charge in [-0.15, -0.1) is 0 Å². The second kappa shape index (κ2) is 17.6. The van der Waals surface area contributed by atoms with E-state index in [1.54, 1.807) is 6.33 Å². The van der Waals surface area contributed by atoms with Crippen LogP contribution in [0.3, 0.4) is 0 Å². The first-order valence-electron chi connectivity index (χ1n) is 26.9. The lowest BCUT2D eigenvalue weighted by atomic mass is 9.30. The highest BCUT2D eigenvalue weighted by molar-refractivity contribution is 5.86. The number of H-pyrrole nitrogens is 1. The number of nitrogens with one attached hydrogen (secondary N) is 2. The predicted molar refractivity (Wildman–Crippen MR) is 255 cm³/mol. The van der Waals surface area contributed by atoms with Gasteiger partial charge in [0.2, 0.25) is 5.91 Å². The molecule has 10 rings (SSSR count). The molecule has 21 atom stereocenters. The fraction of sp³-hybridized carbons (Fsp3) is 0.870. The lowest BCUT2D eigenvalue weighted by Gasteiger charge is -2.75. The predicted octanol–water partition coefficient (Wildman–Crippen LogP) is 4.79. The molecule has 2 saturated heterocycles.